The number of furan rings is 1. The van der Waals surface area contributed by atoms with Crippen molar-refractivity contribution in [3.05, 3.63) is 59.7 Å². The molecule has 1 aromatic carbocycles. The highest BCUT2D eigenvalue weighted by Gasteiger charge is 2.22. The minimum absolute atomic E-state index is 0.188. The summed E-state index contributed by atoms with van der Waals surface area (Å²) in [7, 11) is 0. The van der Waals surface area contributed by atoms with Crippen LogP contribution in [0.2, 0.25) is 0 Å². The van der Waals surface area contributed by atoms with Crippen molar-refractivity contribution in [3.8, 4) is 11.5 Å². The van der Waals surface area contributed by atoms with E-state index in [1.165, 1.54) is 23.1 Å². The van der Waals surface area contributed by atoms with Gasteiger partial charge in [-0.1, -0.05) is 17.3 Å². The fourth-order valence-corrected chi connectivity index (χ4v) is 1.99. The zero-order valence-corrected chi connectivity index (χ0v) is 10.7. The third-order valence-corrected chi connectivity index (χ3v) is 2.94. The summed E-state index contributed by atoms with van der Waals surface area (Å²) in [5.41, 5.74) is 0.856. The van der Waals surface area contributed by atoms with Gasteiger partial charge < -0.3 is 9.52 Å². The van der Waals surface area contributed by atoms with E-state index in [1.54, 1.807) is 24.3 Å². The Morgan fingerprint density at radius 1 is 1.29 bits per heavy atom. The Kier molecular flexibility index (Phi) is 3.23. The lowest BCUT2D eigenvalue weighted by molar-refractivity contribution is 0.0691. The maximum absolute atomic E-state index is 12.9. The third kappa shape index (κ3) is 2.53. The highest BCUT2D eigenvalue weighted by Crippen LogP contribution is 2.23. The molecule has 0 unspecified atom stereocenters. The highest BCUT2D eigenvalue weighted by molar-refractivity contribution is 5.91. The number of benzene rings is 1. The number of carboxylic acids is 1. The Bertz CT molecular complexity index is 763. The van der Waals surface area contributed by atoms with Crippen molar-refractivity contribution in [1.82, 2.24) is 15.0 Å². The van der Waals surface area contributed by atoms with Gasteiger partial charge in [-0.2, -0.15) is 0 Å². The summed E-state index contributed by atoms with van der Waals surface area (Å²) in [6.07, 6.45) is 1.44. The molecule has 0 radical (unpaired) electrons. The molecule has 1 N–H and O–H groups in total. The molecule has 0 saturated carbocycles. The lowest BCUT2D eigenvalue weighted by Crippen LogP contribution is -2.05. The predicted molar refractivity (Wildman–Crippen MR) is 70.2 cm³/mol. The zero-order valence-electron chi connectivity index (χ0n) is 10.7. The van der Waals surface area contributed by atoms with Crippen molar-refractivity contribution in [2.24, 2.45) is 0 Å². The van der Waals surface area contributed by atoms with Crippen molar-refractivity contribution in [1.29, 1.82) is 0 Å². The molecule has 0 atom stereocenters. The van der Waals surface area contributed by atoms with Gasteiger partial charge in [-0.3, -0.25) is 0 Å². The van der Waals surface area contributed by atoms with Crippen LogP contribution in [0.1, 0.15) is 16.1 Å². The first-order valence-electron chi connectivity index (χ1n) is 6.10. The number of rotatable bonds is 4. The molecule has 0 aliphatic heterocycles. The highest BCUT2D eigenvalue weighted by atomic mass is 19.1. The Morgan fingerprint density at radius 2 is 2.05 bits per heavy atom. The van der Waals surface area contributed by atoms with Crippen LogP contribution in [0, 0.1) is 5.82 Å². The van der Waals surface area contributed by atoms with Crippen LogP contribution in [0.5, 0.6) is 0 Å². The van der Waals surface area contributed by atoms with Gasteiger partial charge in [0.25, 0.3) is 0 Å². The predicted octanol–water partition coefficient (Wildman–Crippen LogP) is 2.42. The first kappa shape index (κ1) is 13.0. The second-order valence-electron chi connectivity index (χ2n) is 4.35. The van der Waals surface area contributed by atoms with Gasteiger partial charge in [-0.25, -0.2) is 13.9 Å². The van der Waals surface area contributed by atoms with E-state index < -0.39 is 5.97 Å². The molecule has 0 aliphatic rings. The molecular formula is C14H10FN3O3. The minimum atomic E-state index is -1.19. The van der Waals surface area contributed by atoms with Crippen LogP contribution in [-0.2, 0) is 6.54 Å². The van der Waals surface area contributed by atoms with Gasteiger partial charge in [-0.15, -0.1) is 5.10 Å². The Morgan fingerprint density at radius 3 is 2.67 bits per heavy atom. The molecule has 3 aromatic rings. The SMILES string of the molecule is O=C(O)c1nnn(Cc2ccc(F)cc2)c1-c1ccco1. The monoisotopic (exact) mass is 287 g/mol. The zero-order chi connectivity index (χ0) is 14.8. The molecule has 6 nitrogen and oxygen atoms in total. The van der Waals surface area contributed by atoms with E-state index in [0.717, 1.165) is 5.56 Å². The minimum Gasteiger partial charge on any atom is -0.476 e. The number of carbonyl (C=O) groups is 1. The van der Waals surface area contributed by atoms with Crippen LogP contribution in [0.3, 0.4) is 0 Å². The summed E-state index contributed by atoms with van der Waals surface area (Å²) >= 11 is 0. The molecule has 0 amide bonds. The van der Waals surface area contributed by atoms with E-state index in [2.05, 4.69) is 10.3 Å². The maximum atomic E-state index is 12.9. The number of halogens is 1. The van der Waals surface area contributed by atoms with Gasteiger partial charge in [0.2, 0.25) is 5.69 Å². The van der Waals surface area contributed by atoms with Crippen LogP contribution in [0.15, 0.2) is 47.1 Å². The number of hydrogen-bond donors (Lipinski definition) is 1. The van der Waals surface area contributed by atoms with Crippen molar-refractivity contribution in [2.45, 2.75) is 6.54 Å². The number of aromatic nitrogens is 3. The van der Waals surface area contributed by atoms with Crippen molar-refractivity contribution in [3.63, 3.8) is 0 Å². The number of nitrogens with zero attached hydrogens (tertiary/aromatic N) is 3. The molecule has 2 aromatic heterocycles. The van der Waals surface area contributed by atoms with Gasteiger partial charge in [-0.05, 0) is 29.8 Å². The third-order valence-electron chi connectivity index (χ3n) is 2.94. The Labute approximate surface area is 118 Å². The van der Waals surface area contributed by atoms with Crippen LogP contribution in [0.4, 0.5) is 4.39 Å². The van der Waals surface area contributed by atoms with Gasteiger partial charge in [0.15, 0.2) is 5.76 Å². The van der Waals surface area contributed by atoms with Crippen molar-refractivity contribution >= 4 is 5.97 Å². The fourth-order valence-electron chi connectivity index (χ4n) is 1.99. The fraction of sp³-hybridized carbons (Fsp3) is 0.0714. The molecule has 0 bridgehead atoms. The maximum Gasteiger partial charge on any atom is 0.358 e. The first-order valence-corrected chi connectivity index (χ1v) is 6.10. The second kappa shape index (κ2) is 5.20. The molecule has 7 heteroatoms. The standard InChI is InChI=1S/C14H10FN3O3/c15-10-5-3-9(4-6-10)8-18-13(11-2-1-7-21-11)12(14(19)20)16-17-18/h1-7H,8H2,(H,19,20). The van der Waals surface area contributed by atoms with Gasteiger partial charge in [0.1, 0.15) is 11.5 Å². The average molecular weight is 287 g/mol. The summed E-state index contributed by atoms with van der Waals surface area (Å²) < 4.78 is 19.6. The molecule has 3 rings (SSSR count). The van der Waals surface area contributed by atoms with Crippen LogP contribution < -0.4 is 0 Å². The molecule has 0 aliphatic carbocycles. The first-order chi connectivity index (χ1) is 10.1. The number of carboxylic acid groups (broad SMARTS) is 1. The molecule has 0 spiro atoms. The summed E-state index contributed by atoms with van der Waals surface area (Å²) in [4.78, 5) is 11.2. The summed E-state index contributed by atoms with van der Waals surface area (Å²) in [6.45, 7) is 0.261. The number of hydrogen-bond acceptors (Lipinski definition) is 4. The lowest BCUT2D eigenvalue weighted by Gasteiger charge is -2.05. The quantitative estimate of drug-likeness (QED) is 0.797. The summed E-state index contributed by atoms with van der Waals surface area (Å²) in [6, 6.07) is 9.14. The lowest BCUT2D eigenvalue weighted by atomic mass is 10.2. The van der Waals surface area contributed by atoms with Gasteiger partial charge in [0.05, 0.1) is 12.8 Å². The van der Waals surface area contributed by atoms with E-state index in [1.807, 2.05) is 0 Å². The molecule has 106 valence electrons. The molecule has 0 saturated heterocycles. The van der Waals surface area contributed by atoms with E-state index in [-0.39, 0.29) is 23.7 Å². The van der Waals surface area contributed by atoms with Gasteiger partial charge >= 0.3 is 5.97 Å². The van der Waals surface area contributed by atoms with Crippen molar-refractivity contribution < 1.29 is 18.7 Å². The summed E-state index contributed by atoms with van der Waals surface area (Å²) in [5, 5.41) is 16.7. The Hall–Kier alpha value is -2.96. The van der Waals surface area contributed by atoms with Gasteiger partial charge in [0, 0.05) is 0 Å². The Balaban J connectivity index is 2.03. The molecule has 0 fully saturated rings. The van der Waals surface area contributed by atoms with Crippen LogP contribution >= 0.6 is 0 Å². The smallest absolute Gasteiger partial charge is 0.358 e. The topological polar surface area (TPSA) is 81.1 Å². The van der Waals surface area contributed by atoms with Crippen LogP contribution in [0.25, 0.3) is 11.5 Å². The van der Waals surface area contributed by atoms with Crippen LogP contribution in [-0.4, -0.2) is 26.1 Å². The molecular weight excluding hydrogens is 277 g/mol. The largest absolute Gasteiger partial charge is 0.476 e. The van der Waals surface area contributed by atoms with Crippen molar-refractivity contribution in [2.75, 3.05) is 0 Å². The normalized spacial score (nSPS) is 10.7. The number of aromatic carboxylic acids is 1. The molecule has 2 heterocycles. The van der Waals surface area contributed by atoms with E-state index in [0.29, 0.717) is 5.76 Å². The summed E-state index contributed by atoms with van der Waals surface area (Å²) in [5.74, 6) is -1.17. The second-order valence-corrected chi connectivity index (χ2v) is 4.35. The van der Waals surface area contributed by atoms with E-state index >= 15 is 0 Å². The van der Waals surface area contributed by atoms with E-state index in [9.17, 15) is 14.3 Å². The van der Waals surface area contributed by atoms with E-state index in [4.69, 9.17) is 4.42 Å². The molecule has 21 heavy (non-hydrogen) atoms. The average Bonchev–Trinajstić information content (AvgIpc) is 3.10.